The first-order valence-electron chi connectivity index (χ1n) is 8.28. The summed E-state index contributed by atoms with van der Waals surface area (Å²) in [6.45, 7) is 0.775. The molecule has 0 unspecified atom stereocenters. The van der Waals surface area contributed by atoms with Crippen molar-refractivity contribution < 1.29 is 19.0 Å². The van der Waals surface area contributed by atoms with Gasteiger partial charge in [0.2, 0.25) is 0 Å². The van der Waals surface area contributed by atoms with Gasteiger partial charge in [0.15, 0.2) is 11.5 Å². The third-order valence-corrected chi connectivity index (χ3v) is 5.31. The van der Waals surface area contributed by atoms with Crippen LogP contribution in [0.2, 0.25) is 0 Å². The largest absolute Gasteiger partial charge is 0.493 e. The fourth-order valence-electron chi connectivity index (χ4n) is 2.44. The van der Waals surface area contributed by atoms with Gasteiger partial charge in [-0.2, -0.15) is 0 Å². The van der Waals surface area contributed by atoms with Crippen LogP contribution in [0.15, 0.2) is 53.4 Å². The van der Waals surface area contributed by atoms with E-state index in [9.17, 15) is 4.79 Å². The van der Waals surface area contributed by atoms with Crippen LogP contribution < -0.4 is 14.2 Å². The molecule has 0 bridgehead atoms. The van der Waals surface area contributed by atoms with Crippen LogP contribution in [0.25, 0.3) is 6.08 Å². The molecule has 0 atom stereocenters. The molecule has 1 heterocycles. The second-order valence-corrected chi connectivity index (χ2v) is 7.34. The summed E-state index contributed by atoms with van der Waals surface area (Å²) in [5.74, 6) is 1.99. The Morgan fingerprint density at radius 1 is 1.07 bits per heavy atom. The fourth-order valence-corrected chi connectivity index (χ4v) is 3.62. The number of rotatable bonds is 7. The van der Waals surface area contributed by atoms with Gasteiger partial charge in [-0.3, -0.25) is 9.69 Å². The van der Waals surface area contributed by atoms with Crippen LogP contribution in [0.5, 0.6) is 17.2 Å². The Kier molecular flexibility index (Phi) is 6.36. The number of methoxy groups -OCH3 is 1. The van der Waals surface area contributed by atoms with Gasteiger partial charge in [-0.1, -0.05) is 48.2 Å². The second-order valence-electron chi connectivity index (χ2n) is 5.66. The summed E-state index contributed by atoms with van der Waals surface area (Å²) in [5, 5.41) is 0. The Morgan fingerprint density at radius 2 is 1.81 bits per heavy atom. The van der Waals surface area contributed by atoms with Crippen molar-refractivity contribution in [1.82, 2.24) is 4.90 Å². The number of hydrogen-bond acceptors (Lipinski definition) is 6. The number of hydrogen-bond donors (Lipinski definition) is 0. The third kappa shape index (κ3) is 4.81. The average molecular weight is 402 g/mol. The van der Waals surface area contributed by atoms with Crippen molar-refractivity contribution >= 4 is 40.3 Å². The molecular weight excluding hydrogens is 382 g/mol. The van der Waals surface area contributed by atoms with Gasteiger partial charge in [-0.15, -0.1) is 0 Å². The van der Waals surface area contributed by atoms with E-state index in [0.717, 1.165) is 5.56 Å². The van der Waals surface area contributed by atoms with E-state index >= 15 is 0 Å². The number of benzene rings is 2. The molecule has 1 aliphatic rings. The number of thiocarbonyl (C=S) groups is 1. The van der Waals surface area contributed by atoms with Crippen LogP contribution >= 0.6 is 24.0 Å². The highest BCUT2D eigenvalue weighted by Crippen LogP contribution is 2.31. The lowest BCUT2D eigenvalue weighted by Gasteiger charge is -2.11. The van der Waals surface area contributed by atoms with Gasteiger partial charge in [-0.05, 0) is 35.9 Å². The Hall–Kier alpha value is -2.51. The predicted molar refractivity (Wildman–Crippen MR) is 111 cm³/mol. The van der Waals surface area contributed by atoms with Crippen molar-refractivity contribution in [2.24, 2.45) is 0 Å². The number of para-hydroxylation sites is 2. The Labute approximate surface area is 167 Å². The summed E-state index contributed by atoms with van der Waals surface area (Å²) in [6.07, 6.45) is 1.82. The molecule has 1 aliphatic heterocycles. The van der Waals surface area contributed by atoms with Gasteiger partial charge >= 0.3 is 0 Å². The van der Waals surface area contributed by atoms with Crippen molar-refractivity contribution in [3.63, 3.8) is 0 Å². The minimum absolute atomic E-state index is 0.0819. The van der Waals surface area contributed by atoms with Gasteiger partial charge < -0.3 is 14.2 Å². The third-order valence-electron chi connectivity index (χ3n) is 3.82. The lowest BCUT2D eigenvalue weighted by molar-refractivity contribution is -0.121. The molecule has 1 amide bonds. The van der Waals surface area contributed by atoms with Crippen molar-refractivity contribution in [3.05, 3.63) is 59.0 Å². The zero-order valence-electron chi connectivity index (χ0n) is 15.0. The molecule has 140 valence electrons. The molecule has 1 saturated heterocycles. The Morgan fingerprint density at radius 3 is 2.52 bits per heavy atom. The molecule has 27 heavy (non-hydrogen) atoms. The summed E-state index contributed by atoms with van der Waals surface area (Å²) >= 11 is 6.45. The summed E-state index contributed by atoms with van der Waals surface area (Å²) in [6, 6.07) is 15.0. The number of carbonyl (C=O) groups is 1. The monoisotopic (exact) mass is 401 g/mol. The topological polar surface area (TPSA) is 48.0 Å². The first-order valence-corrected chi connectivity index (χ1v) is 9.51. The molecule has 0 N–H and O–H groups in total. The zero-order chi connectivity index (χ0) is 19.2. The predicted octanol–water partition coefficient (Wildman–Crippen LogP) is 3.98. The molecular formula is C20H19NO4S2. The van der Waals surface area contributed by atoms with Crippen molar-refractivity contribution in [1.29, 1.82) is 0 Å². The van der Waals surface area contributed by atoms with E-state index in [-0.39, 0.29) is 5.91 Å². The number of amides is 1. The van der Waals surface area contributed by atoms with E-state index in [1.54, 1.807) is 14.2 Å². The number of nitrogens with zero attached hydrogens (tertiary/aromatic N) is 1. The smallest absolute Gasteiger partial charge is 0.265 e. The van der Waals surface area contributed by atoms with Crippen molar-refractivity contribution in [2.45, 2.75) is 0 Å². The molecule has 0 radical (unpaired) electrons. The molecule has 0 saturated carbocycles. The van der Waals surface area contributed by atoms with Crippen LogP contribution in [-0.4, -0.2) is 42.5 Å². The summed E-state index contributed by atoms with van der Waals surface area (Å²) in [4.78, 5) is 14.2. The van der Waals surface area contributed by atoms with Gasteiger partial charge in [-0.25, -0.2) is 0 Å². The van der Waals surface area contributed by atoms with Gasteiger partial charge in [0.25, 0.3) is 5.91 Å². The van der Waals surface area contributed by atoms with Gasteiger partial charge in [0.1, 0.15) is 23.3 Å². The second kappa shape index (κ2) is 8.92. The first-order chi connectivity index (χ1) is 13.1. The van der Waals surface area contributed by atoms with E-state index in [4.69, 9.17) is 26.4 Å². The quantitative estimate of drug-likeness (QED) is 0.397. The molecule has 5 nitrogen and oxygen atoms in total. The van der Waals surface area contributed by atoms with E-state index in [1.807, 2.05) is 54.6 Å². The maximum Gasteiger partial charge on any atom is 0.265 e. The standard InChI is InChI=1S/C20H19NO4S2/c1-21-19(22)18(27-20(21)26)13-14-6-5-7-15(12-14)24-10-11-25-17-9-4-3-8-16(17)23-2/h3-9,12-13H,10-11H2,1-2H3/b18-13+. The highest BCUT2D eigenvalue weighted by molar-refractivity contribution is 8.26. The molecule has 0 aromatic heterocycles. The Balaban J connectivity index is 1.57. The summed E-state index contributed by atoms with van der Waals surface area (Å²) in [7, 11) is 3.29. The maximum atomic E-state index is 12.1. The number of carbonyl (C=O) groups excluding carboxylic acids is 1. The Bertz CT molecular complexity index is 882. The van der Waals surface area contributed by atoms with Crippen LogP contribution in [0.4, 0.5) is 0 Å². The van der Waals surface area contributed by atoms with Gasteiger partial charge in [0.05, 0.1) is 12.0 Å². The molecule has 7 heteroatoms. The molecule has 1 fully saturated rings. The van der Waals surface area contributed by atoms with Crippen LogP contribution in [0.1, 0.15) is 5.56 Å². The van der Waals surface area contributed by atoms with Gasteiger partial charge in [0, 0.05) is 7.05 Å². The SMILES string of the molecule is COc1ccccc1OCCOc1cccc(/C=C2/SC(=S)N(C)C2=O)c1. The minimum atomic E-state index is -0.0819. The highest BCUT2D eigenvalue weighted by atomic mass is 32.2. The van der Waals surface area contributed by atoms with E-state index in [2.05, 4.69) is 0 Å². The molecule has 0 spiro atoms. The number of likely N-dealkylation sites (N-methyl/N-ethyl adjacent to an activating group) is 1. The fraction of sp³-hybridized carbons (Fsp3) is 0.200. The molecule has 2 aromatic carbocycles. The van der Waals surface area contributed by atoms with Crippen LogP contribution in [0, 0.1) is 0 Å². The molecule has 2 aromatic rings. The van der Waals surface area contributed by atoms with Crippen LogP contribution in [-0.2, 0) is 4.79 Å². The maximum absolute atomic E-state index is 12.1. The zero-order valence-corrected chi connectivity index (χ0v) is 16.6. The average Bonchev–Trinajstić information content (AvgIpc) is 2.92. The van der Waals surface area contributed by atoms with E-state index in [0.29, 0.717) is 39.7 Å². The summed E-state index contributed by atoms with van der Waals surface area (Å²) in [5.41, 5.74) is 0.882. The lowest BCUT2D eigenvalue weighted by Crippen LogP contribution is -2.22. The summed E-state index contributed by atoms with van der Waals surface area (Å²) < 4.78 is 17.3. The van der Waals surface area contributed by atoms with Crippen molar-refractivity contribution in [2.75, 3.05) is 27.4 Å². The first kappa shape index (κ1) is 19.3. The highest BCUT2D eigenvalue weighted by Gasteiger charge is 2.28. The molecule has 3 rings (SSSR count). The molecule has 0 aliphatic carbocycles. The normalized spacial score (nSPS) is 15.3. The van der Waals surface area contributed by atoms with E-state index < -0.39 is 0 Å². The number of ether oxygens (including phenoxy) is 3. The van der Waals surface area contributed by atoms with Crippen LogP contribution in [0.3, 0.4) is 0 Å². The lowest BCUT2D eigenvalue weighted by atomic mass is 10.2. The van der Waals surface area contributed by atoms with E-state index in [1.165, 1.54) is 16.7 Å². The number of thioether (sulfide) groups is 1. The minimum Gasteiger partial charge on any atom is -0.493 e. The van der Waals surface area contributed by atoms with Crippen molar-refractivity contribution in [3.8, 4) is 17.2 Å².